The largest absolute Gasteiger partial charge is 0.381 e. The van der Waals surface area contributed by atoms with Crippen LogP contribution in [0.3, 0.4) is 0 Å². The zero-order chi connectivity index (χ0) is 18.7. The number of hydrogen-bond acceptors (Lipinski definition) is 4. The summed E-state index contributed by atoms with van der Waals surface area (Å²) in [5, 5.41) is 0. The molecule has 3 heterocycles. The highest BCUT2D eigenvalue weighted by Crippen LogP contribution is 2.33. The predicted molar refractivity (Wildman–Crippen MR) is 101 cm³/mol. The van der Waals surface area contributed by atoms with Crippen LogP contribution < -0.4 is 0 Å². The van der Waals surface area contributed by atoms with E-state index in [-0.39, 0.29) is 23.3 Å². The van der Waals surface area contributed by atoms with E-state index in [0.29, 0.717) is 38.8 Å². The summed E-state index contributed by atoms with van der Waals surface area (Å²) in [6, 6.07) is 0. The van der Waals surface area contributed by atoms with Gasteiger partial charge in [-0.25, -0.2) is 0 Å². The third-order valence-corrected chi connectivity index (χ3v) is 6.74. The first kappa shape index (κ1) is 18.9. The van der Waals surface area contributed by atoms with Crippen molar-refractivity contribution in [3.8, 4) is 0 Å². The zero-order valence-electron chi connectivity index (χ0n) is 16.2. The first-order valence-electron chi connectivity index (χ1n) is 10.6. The molecule has 3 saturated heterocycles. The molecule has 2 amide bonds. The maximum atomic E-state index is 12.9. The quantitative estimate of drug-likeness (QED) is 0.692. The van der Waals surface area contributed by atoms with Gasteiger partial charge in [-0.05, 0) is 44.9 Å². The summed E-state index contributed by atoms with van der Waals surface area (Å²) in [4.78, 5) is 29.7. The molecular weight excluding hydrogens is 344 g/mol. The van der Waals surface area contributed by atoms with Gasteiger partial charge >= 0.3 is 0 Å². The highest BCUT2D eigenvalue weighted by molar-refractivity contribution is 5.80. The lowest BCUT2D eigenvalue weighted by Gasteiger charge is -2.48. The van der Waals surface area contributed by atoms with Gasteiger partial charge in [-0.2, -0.15) is 0 Å². The monoisotopic (exact) mass is 376 g/mol. The van der Waals surface area contributed by atoms with E-state index >= 15 is 0 Å². The van der Waals surface area contributed by atoms with Gasteiger partial charge in [0.15, 0.2) is 0 Å². The summed E-state index contributed by atoms with van der Waals surface area (Å²) in [6.45, 7) is 4.88. The van der Waals surface area contributed by atoms with Gasteiger partial charge in [-0.3, -0.25) is 9.59 Å². The summed E-state index contributed by atoms with van der Waals surface area (Å²) in [7, 11) is 0. The fraction of sp³-hybridized carbons (Fsp3) is 0.810. The molecule has 150 valence electrons. The van der Waals surface area contributed by atoms with E-state index in [0.717, 1.165) is 58.0 Å². The van der Waals surface area contributed by atoms with Crippen LogP contribution in [-0.2, 0) is 19.1 Å². The number of rotatable bonds is 2. The highest BCUT2D eigenvalue weighted by atomic mass is 16.5. The lowest BCUT2D eigenvalue weighted by molar-refractivity contribution is -0.167. The first-order chi connectivity index (χ1) is 13.2. The van der Waals surface area contributed by atoms with Gasteiger partial charge in [0.25, 0.3) is 0 Å². The van der Waals surface area contributed by atoms with Gasteiger partial charge in [0.2, 0.25) is 11.8 Å². The fourth-order valence-corrected chi connectivity index (χ4v) is 4.95. The van der Waals surface area contributed by atoms with Crippen molar-refractivity contribution in [2.75, 3.05) is 46.0 Å². The molecule has 1 spiro atoms. The lowest BCUT2D eigenvalue weighted by Crippen LogP contribution is -2.59. The molecule has 1 unspecified atom stereocenters. The Balaban J connectivity index is 1.32. The second-order valence-corrected chi connectivity index (χ2v) is 8.48. The normalized spacial score (nSPS) is 29.1. The fourth-order valence-electron chi connectivity index (χ4n) is 4.95. The van der Waals surface area contributed by atoms with Gasteiger partial charge in [-0.15, -0.1) is 0 Å². The molecule has 1 atom stereocenters. The Morgan fingerprint density at radius 2 is 1.59 bits per heavy atom. The van der Waals surface area contributed by atoms with E-state index in [1.807, 2.05) is 9.80 Å². The summed E-state index contributed by atoms with van der Waals surface area (Å²) in [6.07, 6.45) is 10.5. The van der Waals surface area contributed by atoms with Crippen LogP contribution in [-0.4, -0.2) is 73.2 Å². The number of hydrogen-bond donors (Lipinski definition) is 0. The van der Waals surface area contributed by atoms with E-state index in [2.05, 4.69) is 12.2 Å². The van der Waals surface area contributed by atoms with Crippen molar-refractivity contribution in [3.63, 3.8) is 0 Å². The van der Waals surface area contributed by atoms with Crippen molar-refractivity contribution in [2.24, 2.45) is 11.8 Å². The van der Waals surface area contributed by atoms with Gasteiger partial charge in [0.1, 0.15) is 0 Å². The third-order valence-electron chi connectivity index (χ3n) is 6.74. The van der Waals surface area contributed by atoms with Crippen molar-refractivity contribution < 1.29 is 19.1 Å². The summed E-state index contributed by atoms with van der Waals surface area (Å²) in [5.74, 6) is 0.839. The van der Waals surface area contributed by atoms with Crippen LogP contribution in [0.5, 0.6) is 0 Å². The maximum Gasteiger partial charge on any atom is 0.226 e. The number of nitrogens with zero attached hydrogens (tertiary/aromatic N) is 2. The van der Waals surface area contributed by atoms with Crippen molar-refractivity contribution in [2.45, 2.75) is 50.5 Å². The molecule has 6 heteroatoms. The van der Waals surface area contributed by atoms with Gasteiger partial charge in [0.05, 0.1) is 12.2 Å². The number of morpholine rings is 1. The minimum atomic E-state index is -0.259. The highest BCUT2D eigenvalue weighted by Gasteiger charge is 2.43. The molecule has 3 aliphatic heterocycles. The Bertz CT molecular complexity index is 577. The SMILES string of the molecule is O=C(C1CCOCC1)N1CCC2(CC1)CN(C(=O)C1CC=CCC1)CCO2. The van der Waals surface area contributed by atoms with Crippen LogP contribution in [0.1, 0.15) is 44.9 Å². The molecule has 0 radical (unpaired) electrons. The first-order valence-corrected chi connectivity index (χ1v) is 10.6. The summed E-state index contributed by atoms with van der Waals surface area (Å²) >= 11 is 0. The maximum absolute atomic E-state index is 12.9. The smallest absolute Gasteiger partial charge is 0.226 e. The van der Waals surface area contributed by atoms with E-state index in [9.17, 15) is 9.59 Å². The number of likely N-dealkylation sites (tertiary alicyclic amines) is 1. The number of allylic oxidation sites excluding steroid dienone is 2. The van der Waals surface area contributed by atoms with Crippen LogP contribution in [0.15, 0.2) is 12.2 Å². The van der Waals surface area contributed by atoms with Crippen molar-refractivity contribution in [1.82, 2.24) is 9.80 Å². The van der Waals surface area contributed by atoms with Crippen molar-refractivity contribution in [3.05, 3.63) is 12.2 Å². The van der Waals surface area contributed by atoms with E-state index in [4.69, 9.17) is 9.47 Å². The lowest BCUT2D eigenvalue weighted by atomic mass is 9.87. The molecule has 4 aliphatic rings. The standard InChI is InChI=1S/C21H32N2O4/c24-19(18-6-13-26-14-7-18)22-10-8-21(9-11-22)16-23(12-15-27-21)20(25)17-4-2-1-3-5-17/h1-2,17-18H,3-16H2. The molecular formula is C21H32N2O4. The number of piperidine rings is 1. The van der Waals surface area contributed by atoms with Crippen molar-refractivity contribution in [1.29, 1.82) is 0 Å². The topological polar surface area (TPSA) is 59.1 Å². The van der Waals surface area contributed by atoms with Crippen LogP contribution in [0.25, 0.3) is 0 Å². The Kier molecular flexibility index (Phi) is 5.83. The Hall–Kier alpha value is -1.40. The second kappa shape index (κ2) is 8.31. The van der Waals surface area contributed by atoms with Gasteiger partial charge in [0, 0.05) is 51.2 Å². The zero-order valence-corrected chi connectivity index (χ0v) is 16.2. The molecule has 0 aromatic carbocycles. The van der Waals surface area contributed by atoms with Gasteiger partial charge < -0.3 is 19.3 Å². The molecule has 0 N–H and O–H groups in total. The number of amides is 2. The molecule has 0 aromatic rings. The average molecular weight is 376 g/mol. The summed E-state index contributed by atoms with van der Waals surface area (Å²) < 4.78 is 11.6. The van der Waals surface area contributed by atoms with Crippen LogP contribution in [0.4, 0.5) is 0 Å². The number of carbonyl (C=O) groups excluding carboxylic acids is 2. The van der Waals surface area contributed by atoms with Crippen molar-refractivity contribution >= 4 is 11.8 Å². The second-order valence-electron chi connectivity index (χ2n) is 8.48. The van der Waals surface area contributed by atoms with Gasteiger partial charge in [-0.1, -0.05) is 12.2 Å². The molecule has 27 heavy (non-hydrogen) atoms. The van der Waals surface area contributed by atoms with Crippen LogP contribution >= 0.6 is 0 Å². The van der Waals surface area contributed by atoms with E-state index < -0.39 is 0 Å². The molecule has 4 rings (SSSR count). The van der Waals surface area contributed by atoms with E-state index in [1.54, 1.807) is 0 Å². The van der Waals surface area contributed by atoms with Crippen LogP contribution in [0.2, 0.25) is 0 Å². The third kappa shape index (κ3) is 4.21. The predicted octanol–water partition coefficient (Wildman–Crippen LogP) is 1.99. The average Bonchev–Trinajstić information content (AvgIpc) is 2.75. The number of ether oxygens (including phenoxy) is 2. The Labute approximate surface area is 161 Å². The minimum Gasteiger partial charge on any atom is -0.381 e. The molecule has 6 nitrogen and oxygen atoms in total. The summed E-state index contributed by atoms with van der Waals surface area (Å²) in [5.41, 5.74) is -0.259. The molecule has 0 bridgehead atoms. The molecule has 0 aromatic heterocycles. The molecule has 3 fully saturated rings. The molecule has 1 aliphatic carbocycles. The minimum absolute atomic E-state index is 0.123. The number of carbonyl (C=O) groups is 2. The molecule has 0 saturated carbocycles. The Morgan fingerprint density at radius 3 is 2.30 bits per heavy atom. The van der Waals surface area contributed by atoms with E-state index in [1.165, 1.54) is 0 Å². The Morgan fingerprint density at radius 1 is 0.852 bits per heavy atom. The van der Waals surface area contributed by atoms with Crippen LogP contribution in [0, 0.1) is 11.8 Å².